The summed E-state index contributed by atoms with van der Waals surface area (Å²) in [5, 5.41) is 0. The van der Waals surface area contributed by atoms with E-state index in [0.717, 1.165) is 29.9 Å². The SMILES string of the molecule is CCCCn1cc[n+](Cc2nc3cc(C)c(C)cc3[n-]2)c1. The Morgan fingerprint density at radius 2 is 2.05 bits per heavy atom. The van der Waals surface area contributed by atoms with E-state index in [0.29, 0.717) is 0 Å². The number of aromatic nitrogens is 4. The largest absolute Gasteiger partial charge is 0.436 e. The van der Waals surface area contributed by atoms with E-state index in [1.54, 1.807) is 0 Å². The summed E-state index contributed by atoms with van der Waals surface area (Å²) in [7, 11) is 0. The monoisotopic (exact) mass is 282 g/mol. The van der Waals surface area contributed by atoms with Gasteiger partial charge in [0.2, 0.25) is 6.33 Å². The zero-order valence-electron chi connectivity index (χ0n) is 13.0. The van der Waals surface area contributed by atoms with Crippen LogP contribution in [0.15, 0.2) is 30.9 Å². The highest BCUT2D eigenvalue weighted by molar-refractivity contribution is 5.76. The summed E-state index contributed by atoms with van der Waals surface area (Å²) in [5.41, 5.74) is 4.54. The van der Waals surface area contributed by atoms with Gasteiger partial charge in [-0.25, -0.2) is 9.13 Å². The Kier molecular flexibility index (Phi) is 3.78. The van der Waals surface area contributed by atoms with Crippen molar-refractivity contribution in [3.63, 3.8) is 0 Å². The molecule has 0 radical (unpaired) electrons. The quantitative estimate of drug-likeness (QED) is 0.675. The number of hydrogen-bond donors (Lipinski definition) is 0. The van der Waals surface area contributed by atoms with Crippen LogP contribution in [0.1, 0.15) is 36.7 Å². The molecule has 0 spiro atoms. The van der Waals surface area contributed by atoms with Crippen molar-refractivity contribution in [1.29, 1.82) is 0 Å². The first kappa shape index (κ1) is 13.9. The Morgan fingerprint density at radius 3 is 2.86 bits per heavy atom. The predicted octanol–water partition coefficient (Wildman–Crippen LogP) is 2.75. The maximum atomic E-state index is 4.64. The molecular formula is C17H22N4. The smallest absolute Gasteiger partial charge is 0.244 e. The number of rotatable bonds is 5. The fourth-order valence-electron chi connectivity index (χ4n) is 2.51. The molecule has 0 amide bonds. The lowest BCUT2D eigenvalue weighted by molar-refractivity contribution is -0.688. The molecule has 0 saturated carbocycles. The van der Waals surface area contributed by atoms with E-state index in [9.17, 15) is 0 Å². The number of imidazole rings is 2. The number of unbranched alkanes of at least 4 members (excludes halogenated alkanes) is 1. The van der Waals surface area contributed by atoms with Crippen LogP contribution in [0.2, 0.25) is 0 Å². The van der Waals surface area contributed by atoms with Gasteiger partial charge in [0.1, 0.15) is 18.9 Å². The maximum Gasteiger partial charge on any atom is 0.244 e. The molecule has 21 heavy (non-hydrogen) atoms. The molecule has 1 aromatic carbocycles. The van der Waals surface area contributed by atoms with Crippen LogP contribution in [0.4, 0.5) is 0 Å². The van der Waals surface area contributed by atoms with Crippen LogP contribution in [0, 0.1) is 13.8 Å². The minimum absolute atomic E-state index is 0.728. The highest BCUT2D eigenvalue weighted by atomic mass is 15.1. The zero-order chi connectivity index (χ0) is 14.8. The van der Waals surface area contributed by atoms with E-state index in [1.165, 1.54) is 24.0 Å². The first-order chi connectivity index (χ1) is 10.2. The molecule has 110 valence electrons. The third-order valence-corrected chi connectivity index (χ3v) is 3.93. The molecule has 0 atom stereocenters. The topological polar surface area (TPSA) is 35.8 Å². The number of benzene rings is 1. The third kappa shape index (κ3) is 2.99. The van der Waals surface area contributed by atoms with Gasteiger partial charge in [-0.05, 0) is 48.3 Å². The number of aryl methyl sites for hydroxylation is 3. The van der Waals surface area contributed by atoms with E-state index in [-0.39, 0.29) is 0 Å². The van der Waals surface area contributed by atoms with E-state index in [1.807, 2.05) is 0 Å². The molecule has 2 heterocycles. The molecular weight excluding hydrogens is 260 g/mol. The molecule has 3 aromatic rings. The first-order valence-electron chi connectivity index (χ1n) is 7.61. The summed E-state index contributed by atoms with van der Waals surface area (Å²) < 4.78 is 4.37. The molecule has 0 bridgehead atoms. The molecule has 4 nitrogen and oxygen atoms in total. The number of hydrogen-bond acceptors (Lipinski definition) is 1. The zero-order valence-corrected chi connectivity index (χ0v) is 13.0. The molecule has 0 saturated heterocycles. The lowest BCUT2D eigenvalue weighted by atomic mass is 10.1. The van der Waals surface area contributed by atoms with E-state index in [2.05, 4.69) is 70.7 Å². The lowest BCUT2D eigenvalue weighted by Crippen LogP contribution is -2.32. The molecule has 2 aromatic heterocycles. The predicted molar refractivity (Wildman–Crippen MR) is 83.2 cm³/mol. The molecule has 0 fully saturated rings. The summed E-state index contributed by atoms with van der Waals surface area (Å²) >= 11 is 0. The van der Waals surface area contributed by atoms with Gasteiger partial charge >= 0.3 is 0 Å². The van der Waals surface area contributed by atoms with Gasteiger partial charge in [-0.15, -0.1) is 0 Å². The van der Waals surface area contributed by atoms with E-state index >= 15 is 0 Å². The fourth-order valence-corrected chi connectivity index (χ4v) is 2.51. The number of fused-ring (bicyclic) bond motifs is 1. The van der Waals surface area contributed by atoms with Crippen molar-refractivity contribution >= 4 is 11.0 Å². The first-order valence-corrected chi connectivity index (χ1v) is 7.61. The van der Waals surface area contributed by atoms with Gasteiger partial charge in [0.25, 0.3) is 0 Å². The van der Waals surface area contributed by atoms with Gasteiger partial charge in [-0.3, -0.25) is 0 Å². The third-order valence-electron chi connectivity index (χ3n) is 3.93. The van der Waals surface area contributed by atoms with Crippen molar-refractivity contribution < 1.29 is 4.57 Å². The van der Waals surface area contributed by atoms with Gasteiger partial charge in [0.15, 0.2) is 0 Å². The normalized spacial score (nSPS) is 11.4. The van der Waals surface area contributed by atoms with Crippen LogP contribution in [-0.2, 0) is 13.1 Å². The Hall–Kier alpha value is -2.10. The second kappa shape index (κ2) is 5.72. The molecule has 0 aliphatic heterocycles. The van der Waals surface area contributed by atoms with Crippen molar-refractivity contribution in [2.24, 2.45) is 0 Å². The van der Waals surface area contributed by atoms with Crippen LogP contribution in [-0.4, -0.2) is 9.55 Å². The summed E-state index contributed by atoms with van der Waals surface area (Å²) in [6.45, 7) is 8.25. The summed E-state index contributed by atoms with van der Waals surface area (Å²) in [6, 6.07) is 4.25. The Balaban J connectivity index is 1.79. The highest BCUT2D eigenvalue weighted by Gasteiger charge is 2.04. The average molecular weight is 282 g/mol. The van der Waals surface area contributed by atoms with Crippen LogP contribution in [0.5, 0.6) is 0 Å². The lowest BCUT2D eigenvalue weighted by Gasteiger charge is -2.01. The highest BCUT2D eigenvalue weighted by Crippen LogP contribution is 2.16. The molecule has 0 aliphatic rings. The standard InChI is InChI=1S/C17H22N4/c1-4-5-6-20-7-8-21(12-20)11-17-18-15-9-13(2)14(3)10-16(15)19-17/h7-10,12H,4-6,11H2,1-3H3. The average Bonchev–Trinajstić information content (AvgIpc) is 3.04. The van der Waals surface area contributed by atoms with Crippen LogP contribution < -0.4 is 9.55 Å². The summed E-state index contributed by atoms with van der Waals surface area (Å²) in [6.07, 6.45) is 8.77. The molecule has 0 unspecified atom stereocenters. The molecule has 0 aliphatic carbocycles. The minimum atomic E-state index is 0.728. The Labute approximate surface area is 125 Å². The molecule has 3 rings (SSSR count). The van der Waals surface area contributed by atoms with Gasteiger partial charge in [-0.2, -0.15) is 0 Å². The van der Waals surface area contributed by atoms with Crippen LogP contribution in [0.25, 0.3) is 11.0 Å². The van der Waals surface area contributed by atoms with Crippen molar-refractivity contribution in [3.05, 3.63) is 47.8 Å². The van der Waals surface area contributed by atoms with Gasteiger partial charge in [-0.1, -0.05) is 25.5 Å². The van der Waals surface area contributed by atoms with Crippen molar-refractivity contribution in [1.82, 2.24) is 14.5 Å². The molecule has 4 heteroatoms. The van der Waals surface area contributed by atoms with Gasteiger partial charge in [0.05, 0.1) is 6.54 Å². The Bertz CT molecular complexity index is 712. The van der Waals surface area contributed by atoms with Gasteiger partial charge in [0, 0.05) is 0 Å². The fraction of sp³-hybridized carbons (Fsp3) is 0.412. The van der Waals surface area contributed by atoms with Crippen molar-refractivity contribution in [2.45, 2.75) is 46.7 Å². The van der Waals surface area contributed by atoms with Crippen molar-refractivity contribution in [2.75, 3.05) is 0 Å². The van der Waals surface area contributed by atoms with Crippen LogP contribution in [0.3, 0.4) is 0 Å². The van der Waals surface area contributed by atoms with Gasteiger partial charge < -0.3 is 9.97 Å². The molecule has 0 N–H and O–H groups in total. The summed E-state index contributed by atoms with van der Waals surface area (Å²) in [5.74, 6) is 0.883. The Morgan fingerprint density at radius 1 is 1.24 bits per heavy atom. The second-order valence-corrected chi connectivity index (χ2v) is 5.74. The maximum absolute atomic E-state index is 4.64. The van der Waals surface area contributed by atoms with Crippen molar-refractivity contribution in [3.8, 4) is 0 Å². The minimum Gasteiger partial charge on any atom is -0.436 e. The van der Waals surface area contributed by atoms with Crippen LogP contribution >= 0.6 is 0 Å². The van der Waals surface area contributed by atoms with E-state index < -0.39 is 0 Å². The summed E-state index contributed by atoms with van der Waals surface area (Å²) in [4.78, 5) is 9.28. The number of nitrogens with zero attached hydrogens (tertiary/aromatic N) is 4. The second-order valence-electron chi connectivity index (χ2n) is 5.74. The van der Waals surface area contributed by atoms with E-state index in [4.69, 9.17) is 0 Å².